The lowest BCUT2D eigenvalue weighted by Gasteiger charge is -2.00. The first-order valence-electron chi connectivity index (χ1n) is 6.60. The van der Waals surface area contributed by atoms with E-state index in [1.54, 1.807) is 18.2 Å². The van der Waals surface area contributed by atoms with Gasteiger partial charge in [0, 0.05) is 21.5 Å². The molecule has 0 aliphatic rings. The lowest BCUT2D eigenvalue weighted by Crippen LogP contribution is -2.07. The summed E-state index contributed by atoms with van der Waals surface area (Å²) in [5.41, 5.74) is 1.44. The van der Waals surface area contributed by atoms with Crippen LogP contribution in [0.1, 0.15) is 10.6 Å². The van der Waals surface area contributed by atoms with Crippen LogP contribution in [0.2, 0.25) is 5.02 Å². The van der Waals surface area contributed by atoms with Crippen LogP contribution >= 0.6 is 22.9 Å². The van der Waals surface area contributed by atoms with E-state index in [9.17, 15) is 4.79 Å². The summed E-state index contributed by atoms with van der Waals surface area (Å²) in [5.74, 6) is 0.333. The van der Waals surface area contributed by atoms with Gasteiger partial charge in [0.25, 0.3) is 0 Å². The second-order valence-corrected chi connectivity index (χ2v) is 6.07. The number of thiophene rings is 1. The molecule has 2 aromatic heterocycles. The fourth-order valence-electron chi connectivity index (χ4n) is 1.89. The van der Waals surface area contributed by atoms with E-state index >= 15 is 0 Å². The third-order valence-corrected chi connectivity index (χ3v) is 4.10. The average Bonchev–Trinajstić information content (AvgIpc) is 3.17. The first-order chi connectivity index (χ1) is 10.7. The van der Waals surface area contributed by atoms with E-state index < -0.39 is 0 Å². The van der Waals surface area contributed by atoms with Gasteiger partial charge in [-0.3, -0.25) is 4.79 Å². The molecule has 0 saturated heterocycles. The van der Waals surface area contributed by atoms with Crippen LogP contribution in [0.25, 0.3) is 11.3 Å². The standard InChI is InChI=1S/C16H12ClNO3S/c17-12-5-3-11(4-6-12)15-8-13(18-21-15)10-20-16(19)9-14-2-1-7-22-14/h1-8H,9-10H2. The molecule has 4 nitrogen and oxygen atoms in total. The van der Waals surface area contributed by atoms with E-state index in [1.807, 2.05) is 29.6 Å². The maximum absolute atomic E-state index is 11.7. The molecule has 0 unspecified atom stereocenters. The minimum absolute atomic E-state index is 0.0985. The molecule has 0 N–H and O–H groups in total. The molecule has 0 aliphatic carbocycles. The van der Waals surface area contributed by atoms with E-state index in [0.717, 1.165) is 10.4 Å². The normalized spacial score (nSPS) is 10.6. The van der Waals surface area contributed by atoms with Crippen LogP contribution in [0, 0.1) is 0 Å². The van der Waals surface area contributed by atoms with Gasteiger partial charge in [0.1, 0.15) is 12.3 Å². The Morgan fingerprint density at radius 1 is 1.27 bits per heavy atom. The predicted molar refractivity (Wildman–Crippen MR) is 84.8 cm³/mol. The summed E-state index contributed by atoms with van der Waals surface area (Å²) in [6, 6.07) is 12.8. The number of benzene rings is 1. The molecule has 0 fully saturated rings. The van der Waals surface area contributed by atoms with E-state index in [-0.39, 0.29) is 19.0 Å². The summed E-state index contributed by atoms with van der Waals surface area (Å²) >= 11 is 7.37. The van der Waals surface area contributed by atoms with Gasteiger partial charge >= 0.3 is 5.97 Å². The highest BCUT2D eigenvalue weighted by Crippen LogP contribution is 2.22. The van der Waals surface area contributed by atoms with E-state index in [0.29, 0.717) is 16.5 Å². The summed E-state index contributed by atoms with van der Waals surface area (Å²) in [5, 5.41) is 6.49. The molecule has 0 saturated carbocycles. The lowest BCUT2D eigenvalue weighted by atomic mass is 10.2. The molecule has 0 spiro atoms. The van der Waals surface area contributed by atoms with Crippen molar-refractivity contribution in [3.63, 3.8) is 0 Å². The molecule has 22 heavy (non-hydrogen) atoms. The molecule has 6 heteroatoms. The van der Waals surface area contributed by atoms with Gasteiger partial charge in [0.15, 0.2) is 5.76 Å². The number of ether oxygens (including phenoxy) is 1. The van der Waals surface area contributed by atoms with Crippen molar-refractivity contribution in [3.05, 3.63) is 63.4 Å². The highest BCUT2D eigenvalue weighted by molar-refractivity contribution is 7.10. The zero-order valence-corrected chi connectivity index (χ0v) is 13.1. The van der Waals surface area contributed by atoms with E-state index in [4.69, 9.17) is 20.9 Å². The van der Waals surface area contributed by atoms with Gasteiger partial charge in [-0.1, -0.05) is 22.8 Å². The number of carbonyl (C=O) groups is 1. The fraction of sp³-hybridized carbons (Fsp3) is 0.125. The van der Waals surface area contributed by atoms with Crippen molar-refractivity contribution >= 4 is 28.9 Å². The number of carbonyl (C=O) groups excluding carboxylic acids is 1. The molecule has 0 bridgehead atoms. The smallest absolute Gasteiger partial charge is 0.311 e. The number of nitrogens with zero attached hydrogens (tertiary/aromatic N) is 1. The van der Waals surface area contributed by atoms with Crippen LogP contribution in [-0.2, 0) is 22.6 Å². The summed E-state index contributed by atoms with van der Waals surface area (Å²) in [7, 11) is 0. The second-order valence-electron chi connectivity index (χ2n) is 4.61. The Labute approximate surface area is 136 Å². The van der Waals surface area contributed by atoms with Crippen LogP contribution < -0.4 is 0 Å². The zero-order chi connectivity index (χ0) is 15.4. The largest absolute Gasteiger partial charge is 0.459 e. The average molecular weight is 334 g/mol. The maximum atomic E-state index is 11.7. The van der Waals surface area contributed by atoms with Crippen LogP contribution in [0.15, 0.2) is 52.4 Å². The first kappa shape index (κ1) is 14.8. The second kappa shape index (κ2) is 6.77. The van der Waals surface area contributed by atoms with Gasteiger partial charge in [-0.15, -0.1) is 11.3 Å². The zero-order valence-electron chi connectivity index (χ0n) is 11.5. The SMILES string of the molecule is O=C(Cc1cccs1)OCc1cc(-c2ccc(Cl)cc2)on1. The molecule has 1 aromatic carbocycles. The molecular weight excluding hydrogens is 322 g/mol. The molecule has 0 amide bonds. The van der Waals surface area contributed by atoms with Gasteiger partial charge in [-0.25, -0.2) is 0 Å². The van der Waals surface area contributed by atoms with Crippen molar-refractivity contribution in [1.29, 1.82) is 0 Å². The summed E-state index contributed by atoms with van der Waals surface area (Å²) in [4.78, 5) is 12.7. The van der Waals surface area contributed by atoms with Crippen molar-refractivity contribution in [1.82, 2.24) is 5.16 Å². The molecule has 3 aromatic rings. The Morgan fingerprint density at radius 2 is 2.09 bits per heavy atom. The first-order valence-corrected chi connectivity index (χ1v) is 7.86. The Hall–Kier alpha value is -2.11. The summed E-state index contributed by atoms with van der Waals surface area (Å²) in [6.07, 6.45) is 0.277. The number of halogens is 1. The fourth-order valence-corrected chi connectivity index (χ4v) is 2.71. The third-order valence-electron chi connectivity index (χ3n) is 2.97. The van der Waals surface area contributed by atoms with E-state index in [2.05, 4.69) is 5.16 Å². The van der Waals surface area contributed by atoms with E-state index in [1.165, 1.54) is 11.3 Å². The van der Waals surface area contributed by atoms with Crippen molar-refractivity contribution in [2.45, 2.75) is 13.0 Å². The van der Waals surface area contributed by atoms with Crippen molar-refractivity contribution in [2.24, 2.45) is 0 Å². The molecule has 0 atom stereocenters. The molecular formula is C16H12ClNO3S. The van der Waals surface area contributed by atoms with Crippen LogP contribution in [0.5, 0.6) is 0 Å². The number of hydrogen-bond acceptors (Lipinski definition) is 5. The summed E-state index contributed by atoms with van der Waals surface area (Å²) < 4.78 is 10.4. The van der Waals surface area contributed by atoms with Gasteiger partial charge < -0.3 is 9.26 Å². The van der Waals surface area contributed by atoms with Crippen LogP contribution in [0.4, 0.5) is 0 Å². The highest BCUT2D eigenvalue weighted by Gasteiger charge is 2.10. The van der Waals surface area contributed by atoms with Gasteiger partial charge in [0.2, 0.25) is 0 Å². The monoisotopic (exact) mass is 333 g/mol. The summed E-state index contributed by atoms with van der Waals surface area (Å²) in [6.45, 7) is 0.0985. The maximum Gasteiger partial charge on any atom is 0.311 e. The molecule has 112 valence electrons. The van der Waals surface area contributed by atoms with Crippen molar-refractivity contribution in [3.8, 4) is 11.3 Å². The van der Waals surface area contributed by atoms with Gasteiger partial charge in [0.05, 0.1) is 6.42 Å². The number of rotatable bonds is 5. The Morgan fingerprint density at radius 3 is 2.82 bits per heavy atom. The topological polar surface area (TPSA) is 52.3 Å². The molecule has 2 heterocycles. The Kier molecular flexibility index (Phi) is 4.56. The third kappa shape index (κ3) is 3.75. The van der Waals surface area contributed by atoms with Gasteiger partial charge in [-0.2, -0.15) is 0 Å². The lowest BCUT2D eigenvalue weighted by molar-refractivity contribution is -0.144. The van der Waals surface area contributed by atoms with Crippen LogP contribution in [0.3, 0.4) is 0 Å². The predicted octanol–water partition coefficient (Wildman–Crippen LogP) is 4.34. The number of esters is 1. The van der Waals surface area contributed by atoms with Gasteiger partial charge in [-0.05, 0) is 35.7 Å². The minimum atomic E-state index is -0.279. The Balaban J connectivity index is 1.57. The molecule has 3 rings (SSSR count). The van der Waals surface area contributed by atoms with Crippen molar-refractivity contribution < 1.29 is 14.1 Å². The minimum Gasteiger partial charge on any atom is -0.459 e. The number of hydrogen-bond donors (Lipinski definition) is 0. The molecule has 0 radical (unpaired) electrons. The van der Waals surface area contributed by atoms with Crippen molar-refractivity contribution in [2.75, 3.05) is 0 Å². The Bertz CT molecular complexity index is 750. The number of aromatic nitrogens is 1. The van der Waals surface area contributed by atoms with Crippen LogP contribution in [-0.4, -0.2) is 11.1 Å². The highest BCUT2D eigenvalue weighted by atomic mass is 35.5. The molecule has 0 aliphatic heterocycles. The quantitative estimate of drug-likeness (QED) is 0.652.